The summed E-state index contributed by atoms with van der Waals surface area (Å²) < 4.78 is 6.49. The summed E-state index contributed by atoms with van der Waals surface area (Å²) in [6, 6.07) is 20.7. The number of benzene rings is 2. The molecule has 1 amide bonds. The SMILES string of the molecule is O=C(c1ccc(Br)cc1)N1N=C(c2ccccc2)CC1c1ccco1. The smallest absolute Gasteiger partial charge is 0.274 e. The van der Waals surface area contributed by atoms with Gasteiger partial charge in [0.15, 0.2) is 0 Å². The van der Waals surface area contributed by atoms with Gasteiger partial charge in [0.1, 0.15) is 11.8 Å². The van der Waals surface area contributed by atoms with E-state index in [1.807, 2.05) is 54.6 Å². The first-order valence-corrected chi connectivity index (χ1v) is 8.77. The van der Waals surface area contributed by atoms with Crippen LogP contribution in [0.4, 0.5) is 0 Å². The van der Waals surface area contributed by atoms with E-state index in [2.05, 4.69) is 21.0 Å². The average molecular weight is 395 g/mol. The Labute approximate surface area is 153 Å². The van der Waals surface area contributed by atoms with Crippen molar-refractivity contribution in [2.45, 2.75) is 12.5 Å². The van der Waals surface area contributed by atoms with Crippen molar-refractivity contribution >= 4 is 27.5 Å². The number of furan rings is 1. The summed E-state index contributed by atoms with van der Waals surface area (Å²) in [6.45, 7) is 0. The summed E-state index contributed by atoms with van der Waals surface area (Å²) in [5, 5.41) is 6.16. The van der Waals surface area contributed by atoms with Gasteiger partial charge in [0.05, 0.1) is 12.0 Å². The maximum atomic E-state index is 13.0. The summed E-state index contributed by atoms with van der Waals surface area (Å²) >= 11 is 3.39. The van der Waals surface area contributed by atoms with Gasteiger partial charge in [-0.1, -0.05) is 46.3 Å². The molecule has 0 N–H and O–H groups in total. The fraction of sp³-hybridized carbons (Fsp3) is 0.100. The minimum Gasteiger partial charge on any atom is -0.467 e. The van der Waals surface area contributed by atoms with Crippen LogP contribution >= 0.6 is 15.9 Å². The molecule has 1 atom stereocenters. The zero-order chi connectivity index (χ0) is 17.2. The number of rotatable bonds is 3. The summed E-state index contributed by atoms with van der Waals surface area (Å²) in [5.74, 6) is 0.597. The van der Waals surface area contributed by atoms with Crippen molar-refractivity contribution in [3.8, 4) is 0 Å². The third-order valence-corrected chi connectivity index (χ3v) is 4.72. The van der Waals surface area contributed by atoms with Crippen LogP contribution in [0.2, 0.25) is 0 Å². The molecule has 1 aliphatic heterocycles. The molecule has 4 rings (SSSR count). The van der Waals surface area contributed by atoms with Crippen LogP contribution in [0, 0.1) is 0 Å². The second-order valence-electron chi connectivity index (χ2n) is 5.80. The maximum absolute atomic E-state index is 13.0. The van der Waals surface area contributed by atoms with Gasteiger partial charge < -0.3 is 4.42 Å². The van der Waals surface area contributed by atoms with Gasteiger partial charge in [-0.25, -0.2) is 5.01 Å². The number of hydrazone groups is 1. The Morgan fingerprint density at radius 3 is 2.48 bits per heavy atom. The van der Waals surface area contributed by atoms with E-state index in [4.69, 9.17) is 4.42 Å². The second-order valence-corrected chi connectivity index (χ2v) is 6.72. The molecule has 0 spiro atoms. The summed E-state index contributed by atoms with van der Waals surface area (Å²) in [7, 11) is 0. The highest BCUT2D eigenvalue weighted by atomic mass is 79.9. The van der Waals surface area contributed by atoms with Gasteiger partial charge >= 0.3 is 0 Å². The van der Waals surface area contributed by atoms with E-state index in [0.717, 1.165) is 21.5 Å². The van der Waals surface area contributed by atoms with Gasteiger partial charge in [0.25, 0.3) is 5.91 Å². The fourth-order valence-corrected chi connectivity index (χ4v) is 3.19. The molecule has 124 valence electrons. The summed E-state index contributed by atoms with van der Waals surface area (Å²) in [4.78, 5) is 13.0. The Balaban J connectivity index is 1.71. The molecule has 2 aromatic carbocycles. The predicted octanol–water partition coefficient (Wildman–Crippen LogP) is 5.03. The van der Waals surface area contributed by atoms with E-state index < -0.39 is 0 Å². The monoisotopic (exact) mass is 394 g/mol. The van der Waals surface area contributed by atoms with Crippen LogP contribution in [0.5, 0.6) is 0 Å². The highest BCUT2D eigenvalue weighted by molar-refractivity contribution is 9.10. The van der Waals surface area contributed by atoms with Gasteiger partial charge in [0.2, 0.25) is 0 Å². The molecule has 0 radical (unpaired) electrons. The molecule has 3 aromatic rings. The minimum absolute atomic E-state index is 0.139. The van der Waals surface area contributed by atoms with Crippen LogP contribution in [0.3, 0.4) is 0 Å². The first-order valence-electron chi connectivity index (χ1n) is 7.98. The Kier molecular flexibility index (Phi) is 4.24. The first kappa shape index (κ1) is 15.8. The number of amides is 1. The zero-order valence-corrected chi connectivity index (χ0v) is 14.9. The van der Waals surface area contributed by atoms with Crippen molar-refractivity contribution < 1.29 is 9.21 Å². The number of halogens is 1. The lowest BCUT2D eigenvalue weighted by molar-refractivity contribution is 0.0693. The van der Waals surface area contributed by atoms with E-state index in [9.17, 15) is 4.79 Å². The number of hydrogen-bond donors (Lipinski definition) is 0. The van der Waals surface area contributed by atoms with Gasteiger partial charge in [-0.05, 0) is 42.0 Å². The average Bonchev–Trinajstić information content (AvgIpc) is 3.32. The molecule has 0 fully saturated rings. The summed E-state index contributed by atoms with van der Waals surface area (Å²) in [6.07, 6.45) is 2.25. The number of carbonyl (C=O) groups is 1. The van der Waals surface area contributed by atoms with E-state index in [-0.39, 0.29) is 11.9 Å². The zero-order valence-electron chi connectivity index (χ0n) is 13.3. The second kappa shape index (κ2) is 6.69. The highest BCUT2D eigenvalue weighted by Gasteiger charge is 2.35. The maximum Gasteiger partial charge on any atom is 0.274 e. The molecule has 1 aromatic heterocycles. The lowest BCUT2D eigenvalue weighted by Crippen LogP contribution is -2.26. The molecule has 0 aliphatic carbocycles. The normalized spacial score (nSPS) is 16.8. The highest BCUT2D eigenvalue weighted by Crippen LogP contribution is 2.34. The molecular weight excluding hydrogens is 380 g/mol. The number of nitrogens with zero attached hydrogens (tertiary/aromatic N) is 2. The molecule has 0 saturated carbocycles. The molecule has 2 heterocycles. The van der Waals surface area contributed by atoms with E-state index >= 15 is 0 Å². The predicted molar refractivity (Wildman–Crippen MR) is 99.4 cm³/mol. The molecule has 0 saturated heterocycles. The van der Waals surface area contributed by atoms with Gasteiger partial charge in [-0.2, -0.15) is 5.10 Å². The quantitative estimate of drug-likeness (QED) is 0.624. The van der Waals surface area contributed by atoms with E-state index in [1.165, 1.54) is 5.01 Å². The van der Waals surface area contributed by atoms with Crippen molar-refractivity contribution in [2.24, 2.45) is 5.10 Å². The third-order valence-electron chi connectivity index (χ3n) is 4.19. The largest absolute Gasteiger partial charge is 0.467 e. The van der Waals surface area contributed by atoms with Gasteiger partial charge in [-0.3, -0.25) is 4.79 Å². The van der Waals surface area contributed by atoms with Crippen molar-refractivity contribution in [3.63, 3.8) is 0 Å². The summed E-state index contributed by atoms with van der Waals surface area (Å²) in [5.41, 5.74) is 2.50. The Morgan fingerprint density at radius 2 is 1.80 bits per heavy atom. The van der Waals surface area contributed by atoms with Crippen molar-refractivity contribution in [1.82, 2.24) is 5.01 Å². The lowest BCUT2D eigenvalue weighted by atomic mass is 10.0. The van der Waals surface area contributed by atoms with Crippen molar-refractivity contribution in [2.75, 3.05) is 0 Å². The molecule has 1 unspecified atom stereocenters. The van der Waals surface area contributed by atoms with Crippen LogP contribution < -0.4 is 0 Å². The molecule has 0 bridgehead atoms. The topological polar surface area (TPSA) is 45.8 Å². The Bertz CT molecular complexity index is 903. The van der Waals surface area contributed by atoms with Crippen LogP contribution in [0.25, 0.3) is 0 Å². The van der Waals surface area contributed by atoms with Crippen LogP contribution in [0.15, 0.2) is 87.0 Å². The van der Waals surface area contributed by atoms with Gasteiger partial charge in [-0.15, -0.1) is 0 Å². The Hall–Kier alpha value is -2.66. The first-order chi connectivity index (χ1) is 12.2. The molecule has 5 heteroatoms. The third kappa shape index (κ3) is 3.15. The molecule has 25 heavy (non-hydrogen) atoms. The molecular formula is C20H15BrN2O2. The van der Waals surface area contributed by atoms with Crippen LogP contribution in [-0.2, 0) is 0 Å². The van der Waals surface area contributed by atoms with Crippen LogP contribution in [0.1, 0.15) is 34.1 Å². The fourth-order valence-electron chi connectivity index (χ4n) is 2.93. The lowest BCUT2D eigenvalue weighted by Gasteiger charge is -2.19. The van der Waals surface area contributed by atoms with E-state index in [1.54, 1.807) is 18.4 Å². The molecule has 1 aliphatic rings. The number of carbonyl (C=O) groups excluding carboxylic acids is 1. The number of hydrogen-bond acceptors (Lipinski definition) is 3. The minimum atomic E-state index is -0.235. The van der Waals surface area contributed by atoms with Crippen LogP contribution in [-0.4, -0.2) is 16.6 Å². The Morgan fingerprint density at radius 1 is 1.04 bits per heavy atom. The molecule has 4 nitrogen and oxygen atoms in total. The standard InChI is InChI=1S/C20H15BrN2O2/c21-16-10-8-15(9-11-16)20(24)23-18(19-7-4-12-25-19)13-17(22-23)14-5-2-1-3-6-14/h1-12,18H,13H2. The van der Waals surface area contributed by atoms with Gasteiger partial charge in [0, 0.05) is 16.5 Å². The van der Waals surface area contributed by atoms with E-state index in [0.29, 0.717) is 12.0 Å². The van der Waals surface area contributed by atoms with Crippen molar-refractivity contribution in [3.05, 3.63) is 94.4 Å². The van der Waals surface area contributed by atoms with Crippen molar-refractivity contribution in [1.29, 1.82) is 0 Å².